The molecule has 0 aliphatic carbocycles. The number of hydrogen-bond acceptors (Lipinski definition) is 3. The Bertz CT molecular complexity index is 891. The molecule has 0 fully saturated rings. The van der Waals surface area contributed by atoms with Gasteiger partial charge in [-0.1, -0.05) is 31.5 Å². The van der Waals surface area contributed by atoms with E-state index < -0.39 is 10.0 Å². The maximum Gasteiger partial charge on any atom is 0.264 e. The minimum absolute atomic E-state index is 0.139. The highest BCUT2D eigenvalue weighted by molar-refractivity contribution is 7.93. The van der Waals surface area contributed by atoms with Crippen LogP contribution in [0, 0.1) is 0 Å². The Balaban J connectivity index is 2.06. The average Bonchev–Trinajstić information content (AvgIpc) is 2.60. The van der Waals surface area contributed by atoms with E-state index in [1.165, 1.54) is 11.4 Å². The number of carbonyl (C=O) groups is 1. The smallest absolute Gasteiger partial charge is 0.264 e. The van der Waals surface area contributed by atoms with Gasteiger partial charge in [0.25, 0.3) is 15.9 Å². The molecule has 0 radical (unpaired) electrons. The molecule has 0 bridgehead atoms. The standard InChI is InChI=1S/C18H20N2O3S/c1-3-4-11-19-18(21)13-9-10-16-15(12-13)14-7-5-6-8-17(14)24(22,23)20(16)2/h5-10,12H,3-4,11H2,1-2H3,(H,19,21). The van der Waals surface area contributed by atoms with Crippen molar-refractivity contribution in [2.45, 2.75) is 24.7 Å². The lowest BCUT2D eigenvalue weighted by Crippen LogP contribution is -2.31. The van der Waals surface area contributed by atoms with Gasteiger partial charge in [0, 0.05) is 30.3 Å². The monoisotopic (exact) mass is 344 g/mol. The fourth-order valence-corrected chi connectivity index (χ4v) is 4.26. The minimum atomic E-state index is -3.55. The number of amides is 1. The van der Waals surface area contributed by atoms with Crippen LogP contribution in [0.25, 0.3) is 11.1 Å². The van der Waals surface area contributed by atoms with E-state index in [9.17, 15) is 13.2 Å². The summed E-state index contributed by atoms with van der Waals surface area (Å²) in [6, 6.07) is 12.0. The van der Waals surface area contributed by atoms with Gasteiger partial charge in [-0.05, 0) is 30.7 Å². The lowest BCUT2D eigenvalue weighted by molar-refractivity contribution is 0.0953. The van der Waals surface area contributed by atoms with Crippen LogP contribution in [0.4, 0.5) is 5.69 Å². The van der Waals surface area contributed by atoms with Crippen molar-refractivity contribution in [3.8, 4) is 11.1 Å². The van der Waals surface area contributed by atoms with Crippen LogP contribution in [0.3, 0.4) is 0 Å². The largest absolute Gasteiger partial charge is 0.352 e. The molecule has 2 aromatic rings. The van der Waals surface area contributed by atoms with Gasteiger partial charge in [-0.15, -0.1) is 0 Å². The molecule has 5 nitrogen and oxygen atoms in total. The van der Waals surface area contributed by atoms with E-state index in [2.05, 4.69) is 12.2 Å². The molecule has 0 spiro atoms. The molecule has 2 aromatic carbocycles. The summed E-state index contributed by atoms with van der Waals surface area (Å²) in [7, 11) is -2.02. The van der Waals surface area contributed by atoms with E-state index in [0.717, 1.165) is 18.4 Å². The molecule has 6 heteroatoms. The summed E-state index contributed by atoms with van der Waals surface area (Å²) in [6.07, 6.45) is 1.95. The van der Waals surface area contributed by atoms with Crippen molar-refractivity contribution in [1.29, 1.82) is 0 Å². The number of sulfonamides is 1. The first-order valence-electron chi connectivity index (χ1n) is 7.97. The summed E-state index contributed by atoms with van der Waals surface area (Å²) >= 11 is 0. The lowest BCUT2D eigenvalue weighted by atomic mass is 10.00. The summed E-state index contributed by atoms with van der Waals surface area (Å²) < 4.78 is 26.5. The van der Waals surface area contributed by atoms with E-state index >= 15 is 0 Å². The van der Waals surface area contributed by atoms with Crippen LogP contribution in [0.1, 0.15) is 30.1 Å². The third-order valence-corrected chi connectivity index (χ3v) is 6.06. The van der Waals surface area contributed by atoms with E-state index in [-0.39, 0.29) is 10.8 Å². The highest BCUT2D eigenvalue weighted by atomic mass is 32.2. The molecular weight excluding hydrogens is 324 g/mol. The Morgan fingerprint density at radius 1 is 1.12 bits per heavy atom. The molecule has 24 heavy (non-hydrogen) atoms. The number of hydrogen-bond donors (Lipinski definition) is 1. The fraction of sp³-hybridized carbons (Fsp3) is 0.278. The Hall–Kier alpha value is -2.34. The van der Waals surface area contributed by atoms with Gasteiger partial charge >= 0.3 is 0 Å². The first kappa shape index (κ1) is 16.5. The third kappa shape index (κ3) is 2.67. The molecule has 1 aliphatic heterocycles. The van der Waals surface area contributed by atoms with Crippen LogP contribution in [0.2, 0.25) is 0 Å². The van der Waals surface area contributed by atoms with Crippen molar-refractivity contribution < 1.29 is 13.2 Å². The number of rotatable bonds is 4. The molecule has 0 saturated heterocycles. The van der Waals surface area contributed by atoms with E-state index in [0.29, 0.717) is 23.4 Å². The van der Waals surface area contributed by atoms with Crippen LogP contribution in [0.15, 0.2) is 47.4 Å². The van der Waals surface area contributed by atoms with E-state index in [1.807, 2.05) is 0 Å². The van der Waals surface area contributed by atoms with Crippen LogP contribution in [0.5, 0.6) is 0 Å². The first-order chi connectivity index (χ1) is 11.5. The number of fused-ring (bicyclic) bond motifs is 3. The second kappa shape index (κ2) is 6.28. The highest BCUT2D eigenvalue weighted by Gasteiger charge is 2.32. The maximum absolute atomic E-state index is 12.6. The summed E-state index contributed by atoms with van der Waals surface area (Å²) in [4.78, 5) is 12.6. The molecule has 0 atom stereocenters. The molecule has 1 aliphatic rings. The summed E-state index contributed by atoms with van der Waals surface area (Å²) in [5.74, 6) is -0.139. The number of carbonyl (C=O) groups excluding carboxylic acids is 1. The molecule has 0 saturated carbocycles. The van der Waals surface area contributed by atoms with Crippen molar-refractivity contribution >= 4 is 21.6 Å². The normalized spacial score (nSPS) is 14.7. The molecular formula is C18H20N2O3S. The molecule has 126 valence electrons. The SMILES string of the molecule is CCCCNC(=O)c1ccc2c(c1)-c1ccccc1S(=O)(=O)N2C. The highest BCUT2D eigenvalue weighted by Crippen LogP contribution is 2.42. The Labute approximate surface area is 142 Å². The van der Waals surface area contributed by atoms with Crippen molar-refractivity contribution in [2.24, 2.45) is 0 Å². The lowest BCUT2D eigenvalue weighted by Gasteiger charge is -2.29. The molecule has 0 aromatic heterocycles. The first-order valence-corrected chi connectivity index (χ1v) is 9.41. The number of benzene rings is 2. The summed E-state index contributed by atoms with van der Waals surface area (Å²) in [6.45, 7) is 2.70. The zero-order chi connectivity index (χ0) is 17.3. The van der Waals surface area contributed by atoms with Gasteiger partial charge in [0.2, 0.25) is 0 Å². The molecule has 1 N–H and O–H groups in total. The number of nitrogens with zero attached hydrogens (tertiary/aromatic N) is 1. The van der Waals surface area contributed by atoms with Crippen molar-refractivity contribution in [1.82, 2.24) is 5.32 Å². The van der Waals surface area contributed by atoms with Crippen LogP contribution >= 0.6 is 0 Å². The summed E-state index contributed by atoms with van der Waals surface area (Å²) in [5, 5.41) is 2.89. The van der Waals surface area contributed by atoms with Crippen molar-refractivity contribution in [2.75, 3.05) is 17.9 Å². The molecule has 0 unspecified atom stereocenters. The second-order valence-corrected chi connectivity index (χ2v) is 7.75. The number of unbranched alkanes of at least 4 members (excludes halogenated alkanes) is 1. The van der Waals surface area contributed by atoms with Gasteiger partial charge in [-0.3, -0.25) is 9.10 Å². The van der Waals surface area contributed by atoms with Crippen LogP contribution in [-0.2, 0) is 10.0 Å². The second-order valence-electron chi connectivity index (χ2n) is 5.81. The van der Waals surface area contributed by atoms with E-state index in [1.54, 1.807) is 42.5 Å². The Morgan fingerprint density at radius 2 is 1.88 bits per heavy atom. The average molecular weight is 344 g/mol. The van der Waals surface area contributed by atoms with Gasteiger partial charge in [-0.2, -0.15) is 0 Å². The van der Waals surface area contributed by atoms with Crippen molar-refractivity contribution in [3.63, 3.8) is 0 Å². The molecule has 3 rings (SSSR count). The predicted octanol–water partition coefficient (Wildman–Crippen LogP) is 3.02. The minimum Gasteiger partial charge on any atom is -0.352 e. The zero-order valence-electron chi connectivity index (χ0n) is 13.7. The Morgan fingerprint density at radius 3 is 2.62 bits per heavy atom. The van der Waals surface area contributed by atoms with Gasteiger partial charge in [0.15, 0.2) is 0 Å². The topological polar surface area (TPSA) is 66.5 Å². The van der Waals surface area contributed by atoms with Gasteiger partial charge < -0.3 is 5.32 Å². The Kier molecular flexibility index (Phi) is 4.32. The zero-order valence-corrected chi connectivity index (χ0v) is 14.6. The number of anilines is 1. The fourth-order valence-electron chi connectivity index (χ4n) is 2.84. The van der Waals surface area contributed by atoms with Crippen LogP contribution in [-0.4, -0.2) is 27.9 Å². The van der Waals surface area contributed by atoms with Gasteiger partial charge in [0.1, 0.15) is 0 Å². The molecule has 1 heterocycles. The maximum atomic E-state index is 12.6. The number of nitrogens with one attached hydrogen (secondary N) is 1. The van der Waals surface area contributed by atoms with E-state index in [4.69, 9.17) is 0 Å². The van der Waals surface area contributed by atoms with Gasteiger partial charge in [-0.25, -0.2) is 8.42 Å². The summed E-state index contributed by atoms with van der Waals surface area (Å²) in [5.41, 5.74) is 2.51. The van der Waals surface area contributed by atoms with Gasteiger partial charge in [0.05, 0.1) is 10.6 Å². The third-order valence-electron chi connectivity index (χ3n) is 4.23. The molecule has 1 amide bonds. The van der Waals surface area contributed by atoms with Crippen molar-refractivity contribution in [3.05, 3.63) is 48.0 Å². The predicted molar refractivity (Wildman–Crippen MR) is 94.7 cm³/mol. The quantitative estimate of drug-likeness (QED) is 0.867. The van der Waals surface area contributed by atoms with Crippen LogP contribution < -0.4 is 9.62 Å².